The number of nitrogens with one attached hydrogen (secondary N) is 1. The molecule has 1 heterocycles. The number of aliphatic carboxylic acids is 1. The van der Waals surface area contributed by atoms with Gasteiger partial charge < -0.3 is 15.2 Å². The summed E-state index contributed by atoms with van der Waals surface area (Å²) in [4.78, 5) is 13.5. The van der Waals surface area contributed by atoms with Crippen molar-refractivity contribution in [1.29, 1.82) is 5.26 Å². The van der Waals surface area contributed by atoms with Gasteiger partial charge in [-0.1, -0.05) is 0 Å². The molecule has 0 amide bonds. The number of piperazine rings is 1. The molecule has 0 aromatic heterocycles. The number of carboxylic acid groups (broad SMARTS) is 1. The van der Waals surface area contributed by atoms with Crippen LogP contribution in [0.5, 0.6) is 5.75 Å². The summed E-state index contributed by atoms with van der Waals surface area (Å²) in [5, 5.41) is 21.8. The maximum Gasteiger partial charge on any atom is 0.313 e. The standard InChI is InChI=1S/C17H20FN3O3/c18-14-7-12(9-19)15(24-11-17(1-2-17)16(22)23)13(8-14)10-21-5-3-20-4-6-21/h7-8,20H,1-6,10-11H2,(H,22,23). The Morgan fingerprint density at radius 2 is 2.12 bits per heavy atom. The fourth-order valence-corrected chi connectivity index (χ4v) is 2.91. The quantitative estimate of drug-likeness (QED) is 0.817. The fraction of sp³-hybridized carbons (Fsp3) is 0.529. The van der Waals surface area contributed by atoms with E-state index in [-0.39, 0.29) is 12.2 Å². The lowest BCUT2D eigenvalue weighted by Crippen LogP contribution is -2.43. The number of rotatable bonds is 6. The van der Waals surface area contributed by atoms with E-state index >= 15 is 0 Å². The number of hydrogen-bond acceptors (Lipinski definition) is 5. The van der Waals surface area contributed by atoms with Crippen LogP contribution < -0.4 is 10.1 Å². The van der Waals surface area contributed by atoms with E-state index in [4.69, 9.17) is 4.74 Å². The molecule has 0 radical (unpaired) electrons. The number of nitriles is 1. The molecule has 2 aliphatic rings. The Morgan fingerprint density at radius 1 is 1.42 bits per heavy atom. The third-order valence-corrected chi connectivity index (χ3v) is 4.65. The molecule has 3 rings (SSSR count). The molecule has 1 saturated carbocycles. The molecule has 128 valence electrons. The van der Waals surface area contributed by atoms with Crippen LogP contribution in [-0.4, -0.2) is 48.8 Å². The number of carboxylic acids is 1. The van der Waals surface area contributed by atoms with Gasteiger partial charge >= 0.3 is 5.97 Å². The van der Waals surface area contributed by atoms with Crippen molar-refractivity contribution in [1.82, 2.24) is 10.2 Å². The van der Waals surface area contributed by atoms with Gasteiger partial charge in [-0.05, 0) is 25.0 Å². The van der Waals surface area contributed by atoms with Gasteiger partial charge in [-0.15, -0.1) is 0 Å². The first-order valence-electron chi connectivity index (χ1n) is 8.06. The van der Waals surface area contributed by atoms with Crippen LogP contribution in [0.4, 0.5) is 4.39 Å². The van der Waals surface area contributed by atoms with Crippen molar-refractivity contribution in [2.75, 3.05) is 32.8 Å². The molecule has 1 aliphatic carbocycles. The number of halogens is 1. The minimum absolute atomic E-state index is 0.0111. The van der Waals surface area contributed by atoms with E-state index in [1.807, 2.05) is 6.07 Å². The van der Waals surface area contributed by atoms with Gasteiger partial charge in [-0.2, -0.15) is 5.26 Å². The van der Waals surface area contributed by atoms with Gasteiger partial charge in [0.1, 0.15) is 29.7 Å². The molecule has 2 fully saturated rings. The molecule has 0 spiro atoms. The highest BCUT2D eigenvalue weighted by Gasteiger charge is 2.51. The molecular weight excluding hydrogens is 313 g/mol. The van der Waals surface area contributed by atoms with Crippen molar-refractivity contribution < 1.29 is 19.0 Å². The van der Waals surface area contributed by atoms with Crippen LogP contribution in [-0.2, 0) is 11.3 Å². The van der Waals surface area contributed by atoms with Gasteiger partial charge in [0.15, 0.2) is 0 Å². The summed E-state index contributed by atoms with van der Waals surface area (Å²) in [6, 6.07) is 4.47. The summed E-state index contributed by atoms with van der Waals surface area (Å²) in [7, 11) is 0. The molecule has 1 aliphatic heterocycles. The SMILES string of the molecule is N#Cc1cc(F)cc(CN2CCNCC2)c1OCC1(C(=O)O)CC1. The van der Waals surface area contributed by atoms with E-state index in [2.05, 4.69) is 10.2 Å². The molecule has 7 heteroatoms. The second-order valence-corrected chi connectivity index (χ2v) is 6.45. The summed E-state index contributed by atoms with van der Waals surface area (Å²) in [6.07, 6.45) is 1.14. The monoisotopic (exact) mass is 333 g/mol. The first-order valence-corrected chi connectivity index (χ1v) is 8.06. The van der Waals surface area contributed by atoms with Crippen molar-refractivity contribution in [3.8, 4) is 11.8 Å². The summed E-state index contributed by atoms with van der Waals surface area (Å²) >= 11 is 0. The van der Waals surface area contributed by atoms with Gasteiger partial charge in [0.05, 0.1) is 5.56 Å². The lowest BCUT2D eigenvalue weighted by Gasteiger charge is -2.28. The number of nitrogens with zero attached hydrogens (tertiary/aromatic N) is 2. The molecule has 0 unspecified atom stereocenters. The summed E-state index contributed by atoms with van der Waals surface area (Å²) < 4.78 is 19.6. The first kappa shape index (κ1) is 16.7. The molecule has 1 aromatic carbocycles. The molecule has 0 bridgehead atoms. The van der Waals surface area contributed by atoms with Crippen LogP contribution in [0.2, 0.25) is 0 Å². The highest BCUT2D eigenvalue weighted by molar-refractivity contribution is 5.78. The Kier molecular flexibility index (Phi) is 4.69. The topological polar surface area (TPSA) is 85.6 Å². The lowest BCUT2D eigenvalue weighted by atomic mass is 10.1. The van der Waals surface area contributed by atoms with E-state index in [1.165, 1.54) is 6.07 Å². The number of carbonyl (C=O) groups is 1. The molecule has 6 nitrogen and oxygen atoms in total. The minimum Gasteiger partial charge on any atom is -0.491 e. The molecular formula is C17H20FN3O3. The predicted octanol–water partition coefficient (Wildman–Crippen LogP) is 1.35. The Balaban J connectivity index is 1.82. The lowest BCUT2D eigenvalue weighted by molar-refractivity contribution is -0.144. The van der Waals surface area contributed by atoms with Gasteiger partial charge in [-0.25, -0.2) is 4.39 Å². The zero-order valence-electron chi connectivity index (χ0n) is 13.3. The molecule has 1 aromatic rings. The maximum absolute atomic E-state index is 13.8. The van der Waals surface area contributed by atoms with Crippen molar-refractivity contribution in [2.45, 2.75) is 19.4 Å². The second kappa shape index (κ2) is 6.75. The average Bonchev–Trinajstić information content (AvgIpc) is 3.35. The van der Waals surface area contributed by atoms with E-state index in [9.17, 15) is 19.6 Å². The third-order valence-electron chi connectivity index (χ3n) is 4.65. The van der Waals surface area contributed by atoms with Crippen LogP contribution >= 0.6 is 0 Å². The number of benzene rings is 1. The van der Waals surface area contributed by atoms with Gasteiger partial charge in [0, 0.05) is 38.3 Å². The molecule has 2 N–H and O–H groups in total. The largest absolute Gasteiger partial charge is 0.491 e. The van der Waals surface area contributed by atoms with Crippen molar-refractivity contribution in [2.24, 2.45) is 5.41 Å². The third kappa shape index (κ3) is 3.50. The van der Waals surface area contributed by atoms with E-state index in [0.29, 0.717) is 30.7 Å². The Morgan fingerprint density at radius 3 is 2.71 bits per heavy atom. The maximum atomic E-state index is 13.8. The minimum atomic E-state index is -0.883. The Labute approximate surface area is 139 Å². The highest BCUT2D eigenvalue weighted by Crippen LogP contribution is 2.46. The normalized spacial score (nSPS) is 19.5. The average molecular weight is 333 g/mol. The first-order chi connectivity index (χ1) is 11.5. The van der Waals surface area contributed by atoms with Crippen LogP contribution in [0, 0.1) is 22.6 Å². The van der Waals surface area contributed by atoms with Crippen molar-refractivity contribution >= 4 is 5.97 Å². The van der Waals surface area contributed by atoms with Crippen LogP contribution in [0.3, 0.4) is 0 Å². The van der Waals surface area contributed by atoms with Gasteiger partial charge in [0.2, 0.25) is 0 Å². The zero-order chi connectivity index (χ0) is 17.2. The molecule has 24 heavy (non-hydrogen) atoms. The number of ether oxygens (including phenoxy) is 1. The van der Waals surface area contributed by atoms with Gasteiger partial charge in [-0.3, -0.25) is 9.69 Å². The summed E-state index contributed by atoms with van der Waals surface area (Å²) in [6.45, 7) is 3.87. The van der Waals surface area contributed by atoms with E-state index in [0.717, 1.165) is 32.2 Å². The second-order valence-electron chi connectivity index (χ2n) is 6.45. The number of hydrogen-bond donors (Lipinski definition) is 2. The van der Waals surface area contributed by atoms with Crippen LogP contribution in [0.25, 0.3) is 0 Å². The van der Waals surface area contributed by atoms with Gasteiger partial charge in [0.25, 0.3) is 0 Å². The van der Waals surface area contributed by atoms with Crippen LogP contribution in [0.15, 0.2) is 12.1 Å². The van der Waals surface area contributed by atoms with Crippen molar-refractivity contribution in [3.05, 3.63) is 29.1 Å². The van der Waals surface area contributed by atoms with Crippen molar-refractivity contribution in [3.63, 3.8) is 0 Å². The highest BCUT2D eigenvalue weighted by atomic mass is 19.1. The van der Waals surface area contributed by atoms with E-state index in [1.54, 1.807) is 0 Å². The summed E-state index contributed by atoms with van der Waals surface area (Å²) in [5.41, 5.74) is -0.149. The predicted molar refractivity (Wildman–Crippen MR) is 84.1 cm³/mol. The van der Waals surface area contributed by atoms with E-state index < -0.39 is 17.2 Å². The smallest absolute Gasteiger partial charge is 0.313 e. The Bertz CT molecular complexity index is 676. The molecule has 1 saturated heterocycles. The summed E-state index contributed by atoms with van der Waals surface area (Å²) in [5.74, 6) is -1.06. The molecule has 0 atom stereocenters. The Hall–Kier alpha value is -2.17. The van der Waals surface area contributed by atoms with Crippen LogP contribution in [0.1, 0.15) is 24.0 Å². The fourth-order valence-electron chi connectivity index (χ4n) is 2.91. The zero-order valence-corrected chi connectivity index (χ0v) is 13.3.